The molecule has 36 heavy (non-hydrogen) atoms. The quantitative estimate of drug-likeness (QED) is 0.136. The number of nitrogens with two attached hydrogens (primary N) is 8. The molecule has 0 saturated heterocycles. The Hall–Kier alpha value is -0.507. The summed E-state index contributed by atoms with van der Waals surface area (Å²) in [6, 6.07) is 0. The Kier molecular flexibility index (Phi) is 452. The van der Waals surface area contributed by atoms with E-state index in [9.17, 15) is 0 Å². The van der Waals surface area contributed by atoms with Gasteiger partial charge in [-0.2, -0.15) is 31.0 Å². The maximum atomic E-state index is 7.13. The molecule has 0 aromatic rings. The van der Waals surface area contributed by atoms with Gasteiger partial charge in [-0.15, -0.1) is 0 Å². The van der Waals surface area contributed by atoms with Crippen LogP contribution < -0.4 is 45.9 Å². The van der Waals surface area contributed by atoms with Crippen LogP contribution in [-0.2, 0) is 33.6 Å². The van der Waals surface area contributed by atoms with Gasteiger partial charge in [0.05, 0.1) is 0 Å². The average Bonchev–Trinajstić information content (AvgIpc) is 2.82. The minimum absolute atomic E-state index is 0. The number of rotatable bonds is 4. The monoisotopic (exact) mass is 706 g/mol. The molecular weight excluding hydrogens is 675 g/mol. The van der Waals surface area contributed by atoms with E-state index >= 15 is 0 Å². The Labute approximate surface area is 266 Å². The fourth-order valence-electron chi connectivity index (χ4n) is 0. The van der Waals surface area contributed by atoms with Gasteiger partial charge < -0.3 is 78.3 Å². The molecule has 0 radical (unpaired) electrons. The molecular formula is C14H32Co2N14S6. The topological polar surface area (TPSA) is 342 Å². The van der Waals surface area contributed by atoms with Crippen molar-refractivity contribution in [3.05, 3.63) is 32.5 Å². The zero-order valence-electron chi connectivity index (χ0n) is 19.1. The second-order valence-corrected chi connectivity index (χ2v) is 3.95. The smallest absolute Gasteiger partial charge is 0.753 e. The summed E-state index contributed by atoms with van der Waals surface area (Å²) in [5.74, 6) is 0. The first-order valence-corrected chi connectivity index (χ1v) is 10.3. The molecule has 14 nitrogen and oxygen atoms in total. The van der Waals surface area contributed by atoms with Crippen LogP contribution in [0.5, 0.6) is 0 Å². The number of hydrogen-bond donors (Lipinski definition) is 8. The molecule has 16 N–H and O–H groups in total. The van der Waals surface area contributed by atoms with Crippen LogP contribution in [-0.4, -0.2) is 83.3 Å². The number of nitrogens with zero attached hydrogens (tertiary/aromatic N) is 6. The first-order valence-electron chi connectivity index (χ1n) is 7.83. The zero-order valence-corrected chi connectivity index (χ0v) is 26.1. The summed E-state index contributed by atoms with van der Waals surface area (Å²) in [5, 5.41) is 50.8. The van der Waals surface area contributed by atoms with Crippen molar-refractivity contribution in [1.82, 2.24) is 0 Å². The van der Waals surface area contributed by atoms with Crippen molar-refractivity contribution < 1.29 is 33.6 Å². The van der Waals surface area contributed by atoms with E-state index in [0.29, 0.717) is 52.4 Å². The van der Waals surface area contributed by atoms with Crippen molar-refractivity contribution in [3.8, 4) is 0 Å². The van der Waals surface area contributed by atoms with Crippen LogP contribution in [0.3, 0.4) is 0 Å². The molecule has 0 spiro atoms. The van der Waals surface area contributed by atoms with Crippen LogP contribution in [0, 0.1) is 0 Å². The van der Waals surface area contributed by atoms with E-state index in [1.807, 2.05) is 0 Å². The summed E-state index contributed by atoms with van der Waals surface area (Å²) in [7, 11) is 0. The standard InChI is InChI=1S/4C2H8N2.6CNS.2Co/c4*3-1-2-4;6*2-1-3;;/h4*1-4H2;;;;;;;;/q;;;;6*-1;2*+3. The molecule has 0 unspecified atom stereocenters. The molecule has 0 saturated carbocycles. The molecule has 22 heteroatoms. The van der Waals surface area contributed by atoms with E-state index in [2.05, 4.69) is 73.3 Å². The number of thiocarbonyl (C=S) groups is 6. The summed E-state index contributed by atoms with van der Waals surface area (Å²) in [6.45, 7) is 4.78. The molecule has 0 amide bonds. The Morgan fingerprint density at radius 2 is 0.333 bits per heavy atom. The third-order valence-electron chi connectivity index (χ3n) is 0.667. The summed E-state index contributed by atoms with van der Waals surface area (Å²) in [5.41, 5.74) is 39.2. The second-order valence-electron chi connectivity index (χ2n) is 2.86. The molecule has 0 aromatic carbocycles. The number of hydrogen-bond acceptors (Lipinski definition) is 14. The maximum Gasteiger partial charge on any atom is 3.00 e. The van der Waals surface area contributed by atoms with E-state index in [1.165, 1.54) is 31.0 Å². The first kappa shape index (κ1) is 76.5. The van der Waals surface area contributed by atoms with Crippen LogP contribution in [0.15, 0.2) is 0 Å². The predicted molar refractivity (Wildman–Crippen MR) is 168 cm³/mol. The normalized spacial score (nSPS) is 4.67. The summed E-state index contributed by atoms with van der Waals surface area (Å²) in [6.07, 6.45) is 0. The Morgan fingerprint density at radius 3 is 0.333 bits per heavy atom. The second kappa shape index (κ2) is 213. The molecule has 0 rings (SSSR count). The third-order valence-corrected chi connectivity index (χ3v) is 0.667. The fourth-order valence-corrected chi connectivity index (χ4v) is 0. The van der Waals surface area contributed by atoms with Crippen molar-refractivity contribution in [2.24, 2.45) is 45.9 Å². The van der Waals surface area contributed by atoms with Gasteiger partial charge in [0.2, 0.25) is 0 Å². The molecule has 0 aromatic heterocycles. The minimum Gasteiger partial charge on any atom is -0.753 e. The van der Waals surface area contributed by atoms with E-state index in [-0.39, 0.29) is 33.6 Å². The van der Waals surface area contributed by atoms with Crippen molar-refractivity contribution in [2.45, 2.75) is 0 Å². The molecule has 0 fully saturated rings. The van der Waals surface area contributed by atoms with Gasteiger partial charge in [0.25, 0.3) is 0 Å². The predicted octanol–water partition coefficient (Wildman–Crippen LogP) is -0.438. The first-order chi connectivity index (χ1) is 16.1. The Morgan fingerprint density at radius 1 is 0.306 bits per heavy atom. The van der Waals surface area contributed by atoms with Crippen LogP contribution in [0.2, 0.25) is 0 Å². The molecule has 0 bridgehead atoms. The molecule has 212 valence electrons. The Balaban J connectivity index is -0.0000000177. The van der Waals surface area contributed by atoms with Crippen molar-refractivity contribution in [2.75, 3.05) is 52.4 Å². The summed E-state index contributed by atoms with van der Waals surface area (Å²) in [4.78, 5) is 0. The SMILES string of the molecule is NCCN.NCCN.NCCN.NCCN.[Co+3].[Co+3].[N-]=C=S.[N-]=C=S.[N-]=C=S.[N-]=C=S.[N-]=C=S.[N-]=C=S. The van der Waals surface area contributed by atoms with E-state index in [0.717, 1.165) is 0 Å². The van der Waals surface area contributed by atoms with Crippen LogP contribution in [0.25, 0.3) is 32.5 Å². The van der Waals surface area contributed by atoms with E-state index in [1.54, 1.807) is 0 Å². The van der Waals surface area contributed by atoms with Crippen molar-refractivity contribution in [1.29, 1.82) is 0 Å². The van der Waals surface area contributed by atoms with Gasteiger partial charge in [0, 0.05) is 52.4 Å². The molecule has 0 aliphatic rings. The molecule has 0 heterocycles. The van der Waals surface area contributed by atoms with Crippen molar-refractivity contribution >= 4 is 104 Å². The summed E-state index contributed by atoms with van der Waals surface area (Å²) >= 11 is 22.2. The fraction of sp³-hybridized carbons (Fsp3) is 0.571. The zero-order chi connectivity index (χ0) is 29.9. The number of isothiocyanates is 6. The van der Waals surface area contributed by atoms with Crippen LogP contribution in [0.4, 0.5) is 0 Å². The van der Waals surface area contributed by atoms with E-state index in [4.69, 9.17) is 78.3 Å². The largest absolute Gasteiger partial charge is 3.00 e. The van der Waals surface area contributed by atoms with Crippen LogP contribution >= 0.6 is 73.3 Å². The molecule has 0 atom stereocenters. The maximum absolute atomic E-state index is 7.13. The van der Waals surface area contributed by atoms with Gasteiger partial charge in [-0.05, 0) is 0 Å². The van der Waals surface area contributed by atoms with Gasteiger partial charge in [-0.1, -0.05) is 73.3 Å². The molecule has 0 aliphatic heterocycles. The van der Waals surface area contributed by atoms with E-state index < -0.39 is 0 Å². The van der Waals surface area contributed by atoms with Crippen LogP contribution in [0.1, 0.15) is 0 Å². The van der Waals surface area contributed by atoms with Gasteiger partial charge >= 0.3 is 33.6 Å². The third kappa shape index (κ3) is 2900. The average molecular weight is 707 g/mol. The van der Waals surface area contributed by atoms with Crippen molar-refractivity contribution in [3.63, 3.8) is 0 Å². The van der Waals surface area contributed by atoms with Gasteiger partial charge in [0.1, 0.15) is 0 Å². The van der Waals surface area contributed by atoms with Gasteiger partial charge in [-0.3, -0.25) is 0 Å². The minimum atomic E-state index is 0. The van der Waals surface area contributed by atoms with Gasteiger partial charge in [-0.25, -0.2) is 0 Å². The molecule has 0 aliphatic carbocycles. The Bertz CT molecular complexity index is 365. The summed E-state index contributed by atoms with van der Waals surface area (Å²) < 4.78 is 0. The van der Waals surface area contributed by atoms with Gasteiger partial charge in [0.15, 0.2) is 0 Å².